The highest BCUT2D eigenvalue weighted by atomic mass is 35.5. The number of carbonyl (C=O) groups excluding carboxylic acids is 1. The molecule has 0 atom stereocenters. The molecule has 4 nitrogen and oxygen atoms in total. The van der Waals surface area contributed by atoms with Crippen molar-refractivity contribution >= 4 is 29.4 Å². The molecule has 0 unspecified atom stereocenters. The van der Waals surface area contributed by atoms with Crippen LogP contribution in [0.4, 0.5) is 5.82 Å². The number of carbonyl (C=O) groups is 1. The van der Waals surface area contributed by atoms with Gasteiger partial charge in [-0.05, 0) is 36.3 Å². The number of nitrogens with one attached hydrogen (secondary N) is 1. The molecule has 126 valence electrons. The second-order valence-corrected chi connectivity index (χ2v) is 6.12. The summed E-state index contributed by atoms with van der Waals surface area (Å²) in [4.78, 5) is 12.2. The molecule has 1 N–H and O–H groups in total. The van der Waals surface area contributed by atoms with Crippen molar-refractivity contribution in [2.24, 2.45) is 0 Å². The monoisotopic (exact) mass is 351 g/mol. The van der Waals surface area contributed by atoms with Crippen molar-refractivity contribution in [3.05, 3.63) is 88.6 Å². The van der Waals surface area contributed by atoms with Gasteiger partial charge in [0.1, 0.15) is 5.82 Å². The summed E-state index contributed by atoms with van der Waals surface area (Å²) in [7, 11) is 0. The van der Waals surface area contributed by atoms with E-state index in [2.05, 4.69) is 10.4 Å². The third-order valence-electron chi connectivity index (χ3n) is 3.63. The number of anilines is 1. The van der Waals surface area contributed by atoms with E-state index in [1.165, 1.54) is 6.08 Å². The van der Waals surface area contributed by atoms with Crippen molar-refractivity contribution in [3.8, 4) is 0 Å². The molecule has 0 aliphatic heterocycles. The van der Waals surface area contributed by atoms with Crippen molar-refractivity contribution < 1.29 is 4.79 Å². The largest absolute Gasteiger partial charge is 0.307 e. The van der Waals surface area contributed by atoms with Gasteiger partial charge in [-0.25, -0.2) is 4.68 Å². The molecule has 0 bridgehead atoms. The molecular weight excluding hydrogens is 334 g/mol. The molecule has 3 aromatic rings. The maximum Gasteiger partial charge on any atom is 0.249 e. The summed E-state index contributed by atoms with van der Waals surface area (Å²) in [5, 5.41) is 8.00. The van der Waals surface area contributed by atoms with Crippen LogP contribution in [-0.4, -0.2) is 15.7 Å². The number of rotatable bonds is 5. The summed E-state index contributed by atoms with van der Waals surface area (Å²) < 4.78 is 1.79. The Labute approximate surface area is 151 Å². The fraction of sp³-hybridized carbons (Fsp3) is 0.100. The van der Waals surface area contributed by atoms with Crippen LogP contribution in [0.5, 0.6) is 0 Å². The number of nitrogens with zero attached hydrogens (tertiary/aromatic N) is 2. The highest BCUT2D eigenvalue weighted by molar-refractivity contribution is 6.30. The minimum atomic E-state index is -0.204. The Morgan fingerprint density at radius 1 is 1.16 bits per heavy atom. The lowest BCUT2D eigenvalue weighted by Gasteiger charge is -2.07. The fourth-order valence-electron chi connectivity index (χ4n) is 2.44. The van der Waals surface area contributed by atoms with Crippen LogP contribution in [0.1, 0.15) is 16.8 Å². The molecule has 0 fully saturated rings. The van der Waals surface area contributed by atoms with Crippen LogP contribution in [0.15, 0.2) is 66.7 Å². The molecule has 0 saturated heterocycles. The van der Waals surface area contributed by atoms with Crippen LogP contribution in [0.2, 0.25) is 5.02 Å². The smallest absolute Gasteiger partial charge is 0.249 e. The molecular formula is C20H18ClN3O. The normalized spacial score (nSPS) is 11.0. The highest BCUT2D eigenvalue weighted by Gasteiger charge is 2.08. The molecule has 0 radical (unpaired) electrons. The van der Waals surface area contributed by atoms with Gasteiger partial charge in [0.2, 0.25) is 5.91 Å². The molecule has 2 aromatic carbocycles. The van der Waals surface area contributed by atoms with Crippen LogP contribution in [-0.2, 0) is 11.3 Å². The number of aromatic nitrogens is 2. The first-order valence-corrected chi connectivity index (χ1v) is 8.31. The van der Waals surface area contributed by atoms with E-state index in [0.29, 0.717) is 17.4 Å². The van der Waals surface area contributed by atoms with E-state index in [9.17, 15) is 4.79 Å². The Kier molecular flexibility index (Phi) is 5.31. The van der Waals surface area contributed by atoms with Gasteiger partial charge in [0.05, 0.1) is 12.2 Å². The van der Waals surface area contributed by atoms with Gasteiger partial charge in [0, 0.05) is 17.2 Å². The van der Waals surface area contributed by atoms with Gasteiger partial charge in [-0.2, -0.15) is 5.10 Å². The molecule has 0 aliphatic rings. The number of aryl methyl sites for hydroxylation is 1. The van der Waals surface area contributed by atoms with E-state index in [0.717, 1.165) is 16.8 Å². The minimum absolute atomic E-state index is 0.204. The topological polar surface area (TPSA) is 46.9 Å². The number of amides is 1. The maximum absolute atomic E-state index is 12.2. The van der Waals surface area contributed by atoms with Crippen molar-refractivity contribution in [3.63, 3.8) is 0 Å². The number of benzene rings is 2. The van der Waals surface area contributed by atoms with E-state index < -0.39 is 0 Å². The summed E-state index contributed by atoms with van der Waals surface area (Å²) in [6, 6.07) is 19.2. The second kappa shape index (κ2) is 7.81. The SMILES string of the molecule is Cc1cc(NC(=O)/C=C/c2ccc(Cl)cc2)n(Cc2ccccc2)n1. The average molecular weight is 352 g/mol. The van der Waals surface area contributed by atoms with E-state index in [-0.39, 0.29) is 5.91 Å². The zero-order chi connectivity index (χ0) is 17.6. The predicted octanol–water partition coefficient (Wildman–Crippen LogP) is 4.55. The zero-order valence-electron chi connectivity index (χ0n) is 13.8. The van der Waals surface area contributed by atoms with Crippen LogP contribution in [0.3, 0.4) is 0 Å². The van der Waals surface area contributed by atoms with Crippen LogP contribution in [0.25, 0.3) is 6.08 Å². The van der Waals surface area contributed by atoms with Crippen LogP contribution in [0, 0.1) is 6.92 Å². The molecule has 3 rings (SSSR count). The molecule has 0 saturated carbocycles. The van der Waals surface area contributed by atoms with Crippen LogP contribution < -0.4 is 5.32 Å². The molecule has 0 spiro atoms. The quantitative estimate of drug-likeness (QED) is 0.686. The van der Waals surface area contributed by atoms with Crippen molar-refractivity contribution in [1.82, 2.24) is 9.78 Å². The predicted molar refractivity (Wildman–Crippen MR) is 102 cm³/mol. The van der Waals surface area contributed by atoms with Gasteiger partial charge >= 0.3 is 0 Å². The van der Waals surface area contributed by atoms with Gasteiger partial charge in [0.15, 0.2) is 0 Å². The van der Waals surface area contributed by atoms with E-state index >= 15 is 0 Å². The molecule has 25 heavy (non-hydrogen) atoms. The highest BCUT2D eigenvalue weighted by Crippen LogP contribution is 2.14. The minimum Gasteiger partial charge on any atom is -0.307 e. The van der Waals surface area contributed by atoms with E-state index in [1.54, 1.807) is 22.9 Å². The summed E-state index contributed by atoms with van der Waals surface area (Å²) in [6.45, 7) is 2.51. The Bertz CT molecular complexity index is 883. The summed E-state index contributed by atoms with van der Waals surface area (Å²) >= 11 is 5.85. The van der Waals surface area contributed by atoms with Gasteiger partial charge < -0.3 is 5.32 Å². The molecule has 0 aliphatic carbocycles. The third-order valence-corrected chi connectivity index (χ3v) is 3.88. The molecule has 1 heterocycles. The maximum atomic E-state index is 12.2. The lowest BCUT2D eigenvalue weighted by molar-refractivity contribution is -0.111. The number of halogens is 1. The summed E-state index contributed by atoms with van der Waals surface area (Å²) in [6.07, 6.45) is 3.24. The Morgan fingerprint density at radius 3 is 2.60 bits per heavy atom. The fourth-order valence-corrected chi connectivity index (χ4v) is 2.56. The van der Waals surface area contributed by atoms with E-state index in [4.69, 9.17) is 11.6 Å². The van der Waals surface area contributed by atoms with E-state index in [1.807, 2.05) is 55.5 Å². The third kappa shape index (κ3) is 4.81. The lowest BCUT2D eigenvalue weighted by atomic mass is 10.2. The number of hydrogen-bond donors (Lipinski definition) is 1. The summed E-state index contributed by atoms with van der Waals surface area (Å²) in [5.74, 6) is 0.469. The zero-order valence-corrected chi connectivity index (χ0v) is 14.6. The Hall–Kier alpha value is -2.85. The Morgan fingerprint density at radius 2 is 1.88 bits per heavy atom. The van der Waals surface area contributed by atoms with Gasteiger partial charge in [-0.3, -0.25) is 4.79 Å². The first-order valence-electron chi connectivity index (χ1n) is 7.93. The molecule has 1 amide bonds. The lowest BCUT2D eigenvalue weighted by Crippen LogP contribution is -2.13. The van der Waals surface area contributed by atoms with Crippen molar-refractivity contribution in [2.45, 2.75) is 13.5 Å². The van der Waals surface area contributed by atoms with Crippen LogP contribution >= 0.6 is 11.6 Å². The Balaban J connectivity index is 1.70. The number of hydrogen-bond acceptors (Lipinski definition) is 2. The standard InChI is InChI=1S/C20H18ClN3O/c1-15-13-19(24(23-15)14-17-5-3-2-4-6-17)22-20(25)12-9-16-7-10-18(21)11-8-16/h2-13H,14H2,1H3,(H,22,25)/b12-9+. The van der Waals surface area contributed by atoms with Crippen molar-refractivity contribution in [2.75, 3.05) is 5.32 Å². The average Bonchev–Trinajstić information content (AvgIpc) is 2.94. The molecule has 5 heteroatoms. The second-order valence-electron chi connectivity index (χ2n) is 5.69. The van der Waals surface area contributed by atoms with Gasteiger partial charge in [-0.1, -0.05) is 54.1 Å². The first-order chi connectivity index (χ1) is 12.1. The van der Waals surface area contributed by atoms with Gasteiger partial charge in [0.25, 0.3) is 0 Å². The van der Waals surface area contributed by atoms with Gasteiger partial charge in [-0.15, -0.1) is 0 Å². The first kappa shape index (κ1) is 17.0. The molecule has 1 aromatic heterocycles. The van der Waals surface area contributed by atoms with Crippen molar-refractivity contribution in [1.29, 1.82) is 0 Å². The summed E-state index contributed by atoms with van der Waals surface area (Å²) in [5.41, 5.74) is 2.89.